The Hall–Kier alpha value is -0.850. The molecule has 3 rings (SSSR count). The van der Waals surface area contributed by atoms with E-state index in [0.717, 1.165) is 19.0 Å². The number of nitrogens with zero attached hydrogens (tertiary/aromatic N) is 2. The van der Waals surface area contributed by atoms with Crippen LogP contribution in [0.4, 0.5) is 4.79 Å². The predicted molar refractivity (Wildman–Crippen MR) is 100 cm³/mol. The van der Waals surface area contributed by atoms with Gasteiger partial charge in [0.1, 0.15) is 0 Å². The molecular formula is C20H36N2O4. The molecular weight excluding hydrogens is 332 g/mol. The van der Waals surface area contributed by atoms with Gasteiger partial charge in [-0.05, 0) is 42.9 Å². The number of piperazine rings is 1. The molecule has 1 amide bonds. The van der Waals surface area contributed by atoms with E-state index in [2.05, 4.69) is 25.7 Å². The highest BCUT2D eigenvalue weighted by molar-refractivity contribution is 5.67. The molecule has 0 radical (unpaired) electrons. The number of fused-ring (bicyclic) bond motifs is 2. The van der Waals surface area contributed by atoms with E-state index in [-0.39, 0.29) is 23.0 Å². The maximum absolute atomic E-state index is 11.7. The molecule has 2 aliphatic carbocycles. The van der Waals surface area contributed by atoms with Crippen LogP contribution in [0.25, 0.3) is 0 Å². The fraction of sp³-hybridized carbons (Fsp3) is 0.950. The Morgan fingerprint density at radius 3 is 2.50 bits per heavy atom. The topological polar surface area (TPSA) is 62.2 Å². The zero-order chi connectivity index (χ0) is 18.9. The van der Waals surface area contributed by atoms with Crippen LogP contribution in [0.2, 0.25) is 0 Å². The number of aliphatic hydroxyl groups excluding tert-OH is 1. The predicted octanol–water partition coefficient (Wildman–Crippen LogP) is 2.35. The van der Waals surface area contributed by atoms with Gasteiger partial charge in [0.25, 0.3) is 0 Å². The number of amides is 1. The molecule has 0 spiro atoms. The number of hydrogen-bond acceptors (Lipinski definition) is 5. The monoisotopic (exact) mass is 368 g/mol. The van der Waals surface area contributed by atoms with E-state index in [1.807, 2.05) is 6.92 Å². The van der Waals surface area contributed by atoms with Gasteiger partial charge in [-0.15, -0.1) is 0 Å². The van der Waals surface area contributed by atoms with Crippen molar-refractivity contribution in [1.82, 2.24) is 9.80 Å². The molecule has 1 N–H and O–H groups in total. The van der Waals surface area contributed by atoms with E-state index in [1.165, 1.54) is 19.3 Å². The highest BCUT2D eigenvalue weighted by Gasteiger charge is 2.60. The van der Waals surface area contributed by atoms with Crippen LogP contribution in [-0.4, -0.2) is 79.1 Å². The summed E-state index contributed by atoms with van der Waals surface area (Å²) >= 11 is 0. The zero-order valence-corrected chi connectivity index (χ0v) is 16.9. The summed E-state index contributed by atoms with van der Waals surface area (Å²) in [4.78, 5) is 15.7. The molecule has 3 fully saturated rings. The second-order valence-corrected chi connectivity index (χ2v) is 9.27. The first-order valence-corrected chi connectivity index (χ1v) is 10.2. The number of aliphatic hydroxyl groups is 1. The second kappa shape index (κ2) is 7.64. The number of rotatable bonds is 6. The molecule has 1 saturated heterocycles. The van der Waals surface area contributed by atoms with Crippen molar-refractivity contribution in [2.24, 2.45) is 16.7 Å². The van der Waals surface area contributed by atoms with Crippen LogP contribution < -0.4 is 0 Å². The lowest BCUT2D eigenvalue weighted by Gasteiger charge is -2.43. The largest absolute Gasteiger partial charge is 0.450 e. The Labute approximate surface area is 157 Å². The van der Waals surface area contributed by atoms with E-state index >= 15 is 0 Å². The van der Waals surface area contributed by atoms with Gasteiger partial charge in [-0.2, -0.15) is 0 Å². The minimum Gasteiger partial charge on any atom is -0.450 e. The highest BCUT2D eigenvalue weighted by atomic mass is 16.6. The van der Waals surface area contributed by atoms with Crippen molar-refractivity contribution in [3.05, 3.63) is 0 Å². The molecule has 0 aromatic carbocycles. The minimum absolute atomic E-state index is 0.206. The quantitative estimate of drug-likeness (QED) is 0.780. The molecule has 3 aliphatic rings. The van der Waals surface area contributed by atoms with Crippen molar-refractivity contribution >= 4 is 6.09 Å². The number of β-amino-alcohol motifs (C(OH)–C–C–N with tert-alkyl or cyclic N) is 1. The first-order valence-electron chi connectivity index (χ1n) is 10.2. The molecule has 150 valence electrons. The normalized spacial score (nSPS) is 34.9. The van der Waals surface area contributed by atoms with Crippen LogP contribution in [0.15, 0.2) is 0 Å². The van der Waals surface area contributed by atoms with Crippen LogP contribution in [-0.2, 0) is 9.47 Å². The van der Waals surface area contributed by atoms with Crippen molar-refractivity contribution in [3.8, 4) is 0 Å². The molecule has 2 saturated carbocycles. The fourth-order valence-corrected chi connectivity index (χ4v) is 5.56. The van der Waals surface area contributed by atoms with E-state index in [9.17, 15) is 9.90 Å². The summed E-state index contributed by atoms with van der Waals surface area (Å²) in [5, 5.41) is 10.5. The van der Waals surface area contributed by atoms with Crippen LogP contribution in [0, 0.1) is 16.7 Å². The lowest BCUT2D eigenvalue weighted by molar-refractivity contribution is -0.114. The minimum atomic E-state index is -0.484. The summed E-state index contributed by atoms with van der Waals surface area (Å²) in [6.45, 7) is 13.1. The Balaban J connectivity index is 1.41. The Kier molecular flexibility index (Phi) is 5.85. The van der Waals surface area contributed by atoms with Crippen molar-refractivity contribution in [3.63, 3.8) is 0 Å². The molecule has 26 heavy (non-hydrogen) atoms. The number of hydrogen-bond donors (Lipinski definition) is 1. The lowest BCUT2D eigenvalue weighted by Crippen LogP contribution is -2.51. The summed E-state index contributed by atoms with van der Waals surface area (Å²) in [5.41, 5.74) is 0.483. The van der Waals surface area contributed by atoms with E-state index in [4.69, 9.17) is 9.47 Å². The van der Waals surface area contributed by atoms with Crippen molar-refractivity contribution in [2.75, 3.05) is 45.9 Å². The first kappa shape index (κ1) is 19.9. The summed E-state index contributed by atoms with van der Waals surface area (Å²) in [6, 6.07) is 0. The van der Waals surface area contributed by atoms with Gasteiger partial charge < -0.3 is 19.5 Å². The van der Waals surface area contributed by atoms with Gasteiger partial charge in [-0.25, -0.2) is 4.79 Å². The van der Waals surface area contributed by atoms with E-state index in [0.29, 0.717) is 32.8 Å². The van der Waals surface area contributed by atoms with Gasteiger partial charge in [0.2, 0.25) is 0 Å². The number of carbonyl (C=O) groups excluding carboxylic acids is 1. The molecule has 3 unspecified atom stereocenters. The molecule has 4 atom stereocenters. The molecule has 0 aromatic heterocycles. The summed E-state index contributed by atoms with van der Waals surface area (Å²) in [7, 11) is 0. The van der Waals surface area contributed by atoms with Crippen molar-refractivity contribution < 1.29 is 19.4 Å². The van der Waals surface area contributed by atoms with Crippen LogP contribution >= 0.6 is 0 Å². The standard InChI is InChI=1S/C20H36N2O4/c1-5-25-18(24)22-10-8-21(9-11-22)13-16(23)14-26-17-19(2,3)15-6-7-20(17,4)12-15/h15-17,23H,5-14H2,1-4H3/t15?,16?,17?,20-/m1/s1. The third kappa shape index (κ3) is 3.87. The first-order chi connectivity index (χ1) is 12.3. The van der Waals surface area contributed by atoms with Gasteiger partial charge in [-0.1, -0.05) is 20.8 Å². The van der Waals surface area contributed by atoms with Crippen LogP contribution in [0.5, 0.6) is 0 Å². The third-order valence-electron chi connectivity index (χ3n) is 6.96. The Morgan fingerprint density at radius 1 is 1.23 bits per heavy atom. The smallest absolute Gasteiger partial charge is 0.409 e. The van der Waals surface area contributed by atoms with Crippen molar-refractivity contribution in [1.29, 1.82) is 0 Å². The highest BCUT2D eigenvalue weighted by Crippen LogP contribution is 2.63. The van der Waals surface area contributed by atoms with Crippen molar-refractivity contribution in [2.45, 2.75) is 59.2 Å². The maximum atomic E-state index is 11.7. The van der Waals surface area contributed by atoms with Crippen LogP contribution in [0.3, 0.4) is 0 Å². The molecule has 2 bridgehead atoms. The maximum Gasteiger partial charge on any atom is 0.409 e. The molecule has 1 aliphatic heterocycles. The summed E-state index contributed by atoms with van der Waals surface area (Å²) in [5.74, 6) is 0.755. The second-order valence-electron chi connectivity index (χ2n) is 9.27. The average molecular weight is 369 g/mol. The molecule has 0 aromatic rings. The summed E-state index contributed by atoms with van der Waals surface area (Å²) in [6.07, 6.45) is 3.35. The Bertz CT molecular complexity index is 499. The van der Waals surface area contributed by atoms with E-state index < -0.39 is 6.10 Å². The molecule has 1 heterocycles. The Morgan fingerprint density at radius 2 is 1.92 bits per heavy atom. The van der Waals surface area contributed by atoms with Gasteiger partial charge in [-0.3, -0.25) is 4.90 Å². The SMILES string of the molecule is CCOC(=O)N1CCN(CC(O)COC2C(C)(C)C3CC[C@]2(C)C3)CC1. The number of carbonyl (C=O) groups is 1. The molecule has 6 nitrogen and oxygen atoms in total. The average Bonchev–Trinajstić information content (AvgIpc) is 3.06. The van der Waals surface area contributed by atoms with Crippen LogP contribution in [0.1, 0.15) is 47.0 Å². The number of ether oxygens (including phenoxy) is 2. The fourth-order valence-electron chi connectivity index (χ4n) is 5.56. The van der Waals surface area contributed by atoms with Gasteiger partial charge >= 0.3 is 6.09 Å². The third-order valence-corrected chi connectivity index (χ3v) is 6.96. The van der Waals surface area contributed by atoms with Gasteiger partial charge in [0, 0.05) is 32.7 Å². The van der Waals surface area contributed by atoms with Gasteiger partial charge in [0.05, 0.1) is 25.4 Å². The van der Waals surface area contributed by atoms with Gasteiger partial charge in [0.15, 0.2) is 0 Å². The van der Waals surface area contributed by atoms with E-state index in [1.54, 1.807) is 4.90 Å². The lowest BCUT2D eigenvalue weighted by atomic mass is 9.70. The summed E-state index contributed by atoms with van der Waals surface area (Å²) < 4.78 is 11.3. The molecule has 6 heteroatoms. The zero-order valence-electron chi connectivity index (χ0n) is 16.9.